The lowest BCUT2D eigenvalue weighted by Crippen LogP contribution is -2.52. The molecular formula is C12H25N3O2. The molecule has 0 spiro atoms. The van der Waals surface area contributed by atoms with Crippen molar-refractivity contribution in [2.24, 2.45) is 5.73 Å². The van der Waals surface area contributed by atoms with Crippen molar-refractivity contribution in [2.75, 3.05) is 40.9 Å². The summed E-state index contributed by atoms with van der Waals surface area (Å²) < 4.78 is 4.95. The fourth-order valence-corrected chi connectivity index (χ4v) is 2.18. The molecule has 5 nitrogen and oxygen atoms in total. The first kappa shape index (κ1) is 14.4. The number of hydrogen-bond acceptors (Lipinski definition) is 4. The van der Waals surface area contributed by atoms with Crippen LogP contribution in [-0.2, 0) is 9.53 Å². The van der Waals surface area contributed by atoms with E-state index in [1.54, 1.807) is 7.11 Å². The fourth-order valence-electron chi connectivity index (χ4n) is 2.18. The number of nitrogens with zero attached hydrogens (tertiary/aromatic N) is 2. The molecule has 0 aromatic carbocycles. The molecular weight excluding hydrogens is 218 g/mol. The molecule has 2 N–H and O–H groups in total. The van der Waals surface area contributed by atoms with Gasteiger partial charge in [0.2, 0.25) is 5.91 Å². The summed E-state index contributed by atoms with van der Waals surface area (Å²) in [5, 5.41) is 0. The Kier molecular flexibility index (Phi) is 5.88. The number of carbonyl (C=O) groups excluding carboxylic acids is 1. The molecule has 1 amide bonds. The third-order valence-electron chi connectivity index (χ3n) is 3.39. The molecule has 5 heteroatoms. The minimum Gasteiger partial charge on any atom is -0.385 e. The molecule has 2 unspecified atom stereocenters. The van der Waals surface area contributed by atoms with Gasteiger partial charge in [-0.05, 0) is 33.4 Å². The molecule has 0 aromatic rings. The SMILES string of the molecule is COCCC(N)C(=O)N1CCCC(N(C)C)C1. The zero-order valence-electron chi connectivity index (χ0n) is 11.2. The van der Waals surface area contributed by atoms with E-state index in [0.717, 1.165) is 25.9 Å². The molecule has 1 fully saturated rings. The number of nitrogens with two attached hydrogens (primary N) is 1. The first-order valence-corrected chi connectivity index (χ1v) is 6.26. The van der Waals surface area contributed by atoms with Crippen LogP contribution in [0.25, 0.3) is 0 Å². The number of piperidine rings is 1. The van der Waals surface area contributed by atoms with Gasteiger partial charge in [-0.2, -0.15) is 0 Å². The van der Waals surface area contributed by atoms with E-state index in [0.29, 0.717) is 19.1 Å². The summed E-state index contributed by atoms with van der Waals surface area (Å²) in [4.78, 5) is 16.2. The number of likely N-dealkylation sites (N-methyl/N-ethyl adjacent to an activating group) is 1. The molecule has 1 aliphatic heterocycles. The Morgan fingerprint density at radius 1 is 1.59 bits per heavy atom. The summed E-state index contributed by atoms with van der Waals surface area (Å²) in [6, 6.07) is 0.0400. The molecule has 1 aliphatic rings. The Hall–Kier alpha value is -0.650. The second-order valence-electron chi connectivity index (χ2n) is 4.93. The van der Waals surface area contributed by atoms with Gasteiger partial charge in [0.25, 0.3) is 0 Å². The molecule has 1 heterocycles. The average molecular weight is 243 g/mol. The van der Waals surface area contributed by atoms with Crippen LogP contribution in [0.4, 0.5) is 0 Å². The molecule has 0 aromatic heterocycles. The Labute approximate surface area is 104 Å². The molecule has 17 heavy (non-hydrogen) atoms. The lowest BCUT2D eigenvalue weighted by atomic mass is 10.0. The number of amides is 1. The van der Waals surface area contributed by atoms with Gasteiger partial charge in [-0.1, -0.05) is 0 Å². The number of rotatable bonds is 5. The van der Waals surface area contributed by atoms with Gasteiger partial charge in [0.1, 0.15) is 0 Å². The lowest BCUT2D eigenvalue weighted by Gasteiger charge is -2.37. The Bertz CT molecular complexity index is 246. The van der Waals surface area contributed by atoms with Crippen molar-refractivity contribution in [1.82, 2.24) is 9.80 Å². The van der Waals surface area contributed by atoms with Crippen LogP contribution in [0, 0.1) is 0 Å². The van der Waals surface area contributed by atoms with E-state index in [2.05, 4.69) is 19.0 Å². The summed E-state index contributed by atoms with van der Waals surface area (Å²) in [5.74, 6) is 0.0635. The number of likely N-dealkylation sites (tertiary alicyclic amines) is 1. The van der Waals surface area contributed by atoms with Crippen molar-refractivity contribution in [2.45, 2.75) is 31.3 Å². The van der Waals surface area contributed by atoms with Gasteiger partial charge in [0, 0.05) is 32.8 Å². The third-order valence-corrected chi connectivity index (χ3v) is 3.39. The van der Waals surface area contributed by atoms with Crippen molar-refractivity contribution in [1.29, 1.82) is 0 Å². The van der Waals surface area contributed by atoms with Gasteiger partial charge in [0.05, 0.1) is 6.04 Å². The largest absolute Gasteiger partial charge is 0.385 e. The average Bonchev–Trinajstić information content (AvgIpc) is 2.35. The topological polar surface area (TPSA) is 58.8 Å². The summed E-state index contributed by atoms with van der Waals surface area (Å²) in [5.41, 5.74) is 5.87. The van der Waals surface area contributed by atoms with Crippen LogP contribution >= 0.6 is 0 Å². The van der Waals surface area contributed by atoms with Crippen LogP contribution < -0.4 is 5.73 Å². The number of carbonyl (C=O) groups is 1. The van der Waals surface area contributed by atoms with Crippen LogP contribution in [0.1, 0.15) is 19.3 Å². The fraction of sp³-hybridized carbons (Fsp3) is 0.917. The van der Waals surface area contributed by atoms with Crippen LogP contribution in [0.5, 0.6) is 0 Å². The van der Waals surface area contributed by atoms with Gasteiger partial charge < -0.3 is 20.3 Å². The monoisotopic (exact) mass is 243 g/mol. The van der Waals surface area contributed by atoms with E-state index in [1.807, 2.05) is 4.90 Å². The van der Waals surface area contributed by atoms with E-state index < -0.39 is 6.04 Å². The van der Waals surface area contributed by atoms with Gasteiger partial charge in [-0.25, -0.2) is 0 Å². The van der Waals surface area contributed by atoms with E-state index in [-0.39, 0.29) is 5.91 Å². The predicted molar refractivity (Wildman–Crippen MR) is 67.8 cm³/mol. The predicted octanol–water partition coefficient (Wildman–Crippen LogP) is -0.0972. The molecule has 100 valence electrons. The number of hydrogen-bond donors (Lipinski definition) is 1. The molecule has 0 bridgehead atoms. The number of ether oxygens (including phenoxy) is 1. The maximum atomic E-state index is 12.1. The van der Waals surface area contributed by atoms with Crippen molar-refractivity contribution in [3.63, 3.8) is 0 Å². The molecule has 1 saturated heterocycles. The highest BCUT2D eigenvalue weighted by atomic mass is 16.5. The van der Waals surface area contributed by atoms with E-state index in [4.69, 9.17) is 10.5 Å². The zero-order valence-corrected chi connectivity index (χ0v) is 11.2. The normalized spacial score (nSPS) is 22.9. The summed E-state index contributed by atoms with van der Waals surface area (Å²) in [6.45, 7) is 2.17. The minimum atomic E-state index is -0.420. The maximum absolute atomic E-state index is 12.1. The number of methoxy groups -OCH3 is 1. The molecule has 2 atom stereocenters. The maximum Gasteiger partial charge on any atom is 0.239 e. The molecule has 0 aliphatic carbocycles. The standard InChI is InChI=1S/C12H25N3O2/c1-14(2)10-5-4-7-15(9-10)12(16)11(13)6-8-17-3/h10-11H,4-9,13H2,1-3H3. The van der Waals surface area contributed by atoms with Crippen molar-refractivity contribution in [3.05, 3.63) is 0 Å². The van der Waals surface area contributed by atoms with Crippen molar-refractivity contribution >= 4 is 5.91 Å². The first-order valence-electron chi connectivity index (χ1n) is 6.26. The quantitative estimate of drug-likeness (QED) is 0.733. The third kappa shape index (κ3) is 4.26. The van der Waals surface area contributed by atoms with Gasteiger partial charge in [0.15, 0.2) is 0 Å². The van der Waals surface area contributed by atoms with Crippen LogP contribution in [0.15, 0.2) is 0 Å². The first-order chi connectivity index (χ1) is 8.06. The minimum absolute atomic E-state index is 0.0635. The Morgan fingerprint density at radius 2 is 2.29 bits per heavy atom. The van der Waals surface area contributed by atoms with Crippen molar-refractivity contribution in [3.8, 4) is 0 Å². The molecule has 0 saturated carbocycles. The van der Waals surface area contributed by atoms with E-state index >= 15 is 0 Å². The smallest absolute Gasteiger partial charge is 0.239 e. The summed E-state index contributed by atoms with van der Waals surface area (Å²) in [7, 11) is 5.74. The van der Waals surface area contributed by atoms with Gasteiger partial charge in [-0.15, -0.1) is 0 Å². The Morgan fingerprint density at radius 3 is 2.88 bits per heavy atom. The van der Waals surface area contributed by atoms with E-state index in [9.17, 15) is 4.79 Å². The summed E-state index contributed by atoms with van der Waals surface area (Å²) >= 11 is 0. The Balaban J connectivity index is 2.45. The second kappa shape index (κ2) is 6.93. The van der Waals surface area contributed by atoms with Crippen LogP contribution in [-0.4, -0.2) is 68.7 Å². The van der Waals surface area contributed by atoms with Crippen LogP contribution in [0.3, 0.4) is 0 Å². The lowest BCUT2D eigenvalue weighted by molar-refractivity contribution is -0.134. The molecule has 0 radical (unpaired) electrons. The van der Waals surface area contributed by atoms with Crippen molar-refractivity contribution < 1.29 is 9.53 Å². The highest BCUT2D eigenvalue weighted by Crippen LogP contribution is 2.14. The van der Waals surface area contributed by atoms with Gasteiger partial charge >= 0.3 is 0 Å². The summed E-state index contributed by atoms with van der Waals surface area (Å²) in [6.07, 6.45) is 2.81. The second-order valence-corrected chi connectivity index (χ2v) is 4.93. The molecule has 1 rings (SSSR count). The van der Waals surface area contributed by atoms with Crippen LogP contribution in [0.2, 0.25) is 0 Å². The highest BCUT2D eigenvalue weighted by molar-refractivity contribution is 5.81. The highest BCUT2D eigenvalue weighted by Gasteiger charge is 2.27. The van der Waals surface area contributed by atoms with Gasteiger partial charge in [-0.3, -0.25) is 4.79 Å². The van der Waals surface area contributed by atoms with E-state index in [1.165, 1.54) is 0 Å². The zero-order chi connectivity index (χ0) is 12.8.